The van der Waals surface area contributed by atoms with E-state index in [1.807, 2.05) is 0 Å². The Kier molecular flexibility index (Phi) is 3.57. The first-order valence-electron chi connectivity index (χ1n) is 6.89. The van der Waals surface area contributed by atoms with Gasteiger partial charge in [0.1, 0.15) is 0 Å². The fraction of sp³-hybridized carbons (Fsp3) is 0.562. The van der Waals surface area contributed by atoms with Crippen molar-refractivity contribution in [2.24, 2.45) is 5.92 Å². The van der Waals surface area contributed by atoms with Gasteiger partial charge < -0.3 is 10.0 Å². The van der Waals surface area contributed by atoms with Crippen LogP contribution in [-0.4, -0.2) is 23.2 Å². The van der Waals surface area contributed by atoms with Gasteiger partial charge in [0.25, 0.3) is 0 Å². The highest BCUT2D eigenvalue weighted by Gasteiger charge is 2.42. The van der Waals surface area contributed by atoms with Gasteiger partial charge in [-0.1, -0.05) is 17.7 Å². The van der Waals surface area contributed by atoms with Gasteiger partial charge in [-0.3, -0.25) is 4.79 Å². The molecule has 0 radical (unpaired) electrons. The van der Waals surface area contributed by atoms with Crippen molar-refractivity contribution in [3.63, 3.8) is 0 Å². The Bertz CT molecular complexity index is 494. The topological polar surface area (TPSA) is 40.5 Å². The number of nitrogens with zero attached hydrogens (tertiary/aromatic N) is 1. The van der Waals surface area contributed by atoms with Crippen LogP contribution in [0.15, 0.2) is 18.2 Å². The van der Waals surface area contributed by atoms with E-state index in [0.717, 1.165) is 13.0 Å². The fourth-order valence-corrected chi connectivity index (χ4v) is 3.25. The van der Waals surface area contributed by atoms with Gasteiger partial charge in [0, 0.05) is 17.8 Å². The third-order valence-corrected chi connectivity index (χ3v) is 4.46. The van der Waals surface area contributed by atoms with Crippen molar-refractivity contribution >= 4 is 11.7 Å². The molecule has 1 aliphatic rings. The number of aliphatic carboxylic acids is 1. The molecule has 0 amide bonds. The molecule has 0 aromatic heterocycles. The largest absolute Gasteiger partial charge is 0.481 e. The van der Waals surface area contributed by atoms with E-state index in [1.165, 1.54) is 16.8 Å². The maximum atomic E-state index is 11.0. The van der Waals surface area contributed by atoms with Gasteiger partial charge in [-0.25, -0.2) is 0 Å². The first-order chi connectivity index (χ1) is 8.82. The van der Waals surface area contributed by atoms with E-state index in [1.54, 1.807) is 0 Å². The normalized spacial score (nSPS) is 21.7. The summed E-state index contributed by atoms with van der Waals surface area (Å²) in [5.41, 5.74) is 3.67. The molecule has 1 aliphatic heterocycles. The minimum absolute atomic E-state index is 0.0988. The van der Waals surface area contributed by atoms with Crippen LogP contribution in [0.1, 0.15) is 37.8 Å². The Morgan fingerprint density at radius 1 is 1.42 bits per heavy atom. The lowest BCUT2D eigenvalue weighted by Crippen LogP contribution is -2.43. The van der Waals surface area contributed by atoms with Crippen molar-refractivity contribution in [2.45, 2.75) is 46.1 Å². The Labute approximate surface area is 115 Å². The molecule has 0 saturated carbocycles. The SMILES string of the molecule is Cc1ccc(N2CCC(CC(=O)O)C2(C)C)c(C)c1. The molecule has 0 bridgehead atoms. The molecule has 2 rings (SSSR count). The van der Waals surface area contributed by atoms with Crippen molar-refractivity contribution < 1.29 is 9.90 Å². The highest BCUT2D eigenvalue weighted by atomic mass is 16.4. The summed E-state index contributed by atoms with van der Waals surface area (Å²) < 4.78 is 0. The minimum atomic E-state index is -0.694. The Morgan fingerprint density at radius 2 is 2.11 bits per heavy atom. The quantitative estimate of drug-likeness (QED) is 0.906. The lowest BCUT2D eigenvalue weighted by atomic mass is 9.85. The second-order valence-electron chi connectivity index (χ2n) is 6.18. The van der Waals surface area contributed by atoms with Gasteiger partial charge in [-0.05, 0) is 51.7 Å². The smallest absolute Gasteiger partial charge is 0.303 e. The maximum absolute atomic E-state index is 11.0. The Morgan fingerprint density at radius 3 is 2.68 bits per heavy atom. The van der Waals surface area contributed by atoms with Crippen molar-refractivity contribution in [3.8, 4) is 0 Å². The predicted molar refractivity (Wildman–Crippen MR) is 77.7 cm³/mol. The highest BCUT2D eigenvalue weighted by molar-refractivity contribution is 5.68. The third-order valence-electron chi connectivity index (χ3n) is 4.46. The average molecular weight is 261 g/mol. The number of aryl methyl sites for hydroxylation is 2. The van der Waals surface area contributed by atoms with Crippen LogP contribution in [0.3, 0.4) is 0 Å². The fourth-order valence-electron chi connectivity index (χ4n) is 3.25. The molecule has 1 heterocycles. The van der Waals surface area contributed by atoms with E-state index in [9.17, 15) is 4.79 Å². The first-order valence-corrected chi connectivity index (χ1v) is 6.89. The number of anilines is 1. The summed E-state index contributed by atoms with van der Waals surface area (Å²) >= 11 is 0. The summed E-state index contributed by atoms with van der Waals surface area (Å²) in [5.74, 6) is -0.480. The number of hydrogen-bond acceptors (Lipinski definition) is 2. The molecule has 3 heteroatoms. The number of hydrogen-bond donors (Lipinski definition) is 1. The standard InChI is InChI=1S/C16H23NO2/c1-11-5-6-14(12(2)9-11)17-8-7-13(10-15(18)19)16(17,3)4/h5-6,9,13H,7-8,10H2,1-4H3,(H,18,19). The third kappa shape index (κ3) is 2.60. The van der Waals surface area contributed by atoms with E-state index in [4.69, 9.17) is 5.11 Å². The van der Waals surface area contributed by atoms with Crippen LogP contribution in [-0.2, 0) is 4.79 Å². The van der Waals surface area contributed by atoms with E-state index in [2.05, 4.69) is 50.8 Å². The van der Waals surface area contributed by atoms with Crippen LogP contribution >= 0.6 is 0 Å². The molecule has 1 fully saturated rings. The van der Waals surface area contributed by atoms with Crippen molar-refractivity contribution in [1.29, 1.82) is 0 Å². The summed E-state index contributed by atoms with van der Waals surface area (Å²) in [6.45, 7) is 9.48. The van der Waals surface area contributed by atoms with Crippen LogP contribution in [0.5, 0.6) is 0 Å². The molecule has 1 unspecified atom stereocenters. The van der Waals surface area contributed by atoms with Crippen LogP contribution in [0.25, 0.3) is 0 Å². The summed E-state index contributed by atoms with van der Waals surface area (Å²) in [6.07, 6.45) is 1.21. The zero-order valence-corrected chi connectivity index (χ0v) is 12.2. The van der Waals surface area contributed by atoms with Crippen LogP contribution in [0, 0.1) is 19.8 Å². The summed E-state index contributed by atoms with van der Waals surface area (Å²) in [4.78, 5) is 13.3. The molecule has 1 saturated heterocycles. The lowest BCUT2D eigenvalue weighted by Gasteiger charge is -2.38. The molecule has 1 aromatic rings. The molecule has 3 nitrogen and oxygen atoms in total. The number of benzene rings is 1. The molecule has 19 heavy (non-hydrogen) atoms. The van der Waals surface area contributed by atoms with Crippen molar-refractivity contribution in [2.75, 3.05) is 11.4 Å². The molecule has 104 valence electrons. The number of carboxylic acids is 1. The van der Waals surface area contributed by atoms with Crippen LogP contribution < -0.4 is 4.90 Å². The predicted octanol–water partition coefficient (Wildman–Crippen LogP) is 3.38. The van der Waals surface area contributed by atoms with E-state index in [0.29, 0.717) is 0 Å². The van der Waals surface area contributed by atoms with Gasteiger partial charge in [-0.15, -0.1) is 0 Å². The Balaban J connectivity index is 2.29. The summed E-state index contributed by atoms with van der Waals surface area (Å²) in [6, 6.07) is 6.48. The Hall–Kier alpha value is -1.51. The number of rotatable bonds is 3. The van der Waals surface area contributed by atoms with E-state index in [-0.39, 0.29) is 17.9 Å². The monoisotopic (exact) mass is 261 g/mol. The van der Waals surface area contributed by atoms with Gasteiger partial charge in [-0.2, -0.15) is 0 Å². The maximum Gasteiger partial charge on any atom is 0.303 e. The van der Waals surface area contributed by atoms with Gasteiger partial charge in [0.15, 0.2) is 0 Å². The summed E-state index contributed by atoms with van der Waals surface area (Å²) in [7, 11) is 0. The van der Waals surface area contributed by atoms with Crippen LogP contribution in [0.4, 0.5) is 5.69 Å². The second-order valence-corrected chi connectivity index (χ2v) is 6.18. The van der Waals surface area contributed by atoms with Gasteiger partial charge in [0.05, 0.1) is 6.42 Å². The minimum Gasteiger partial charge on any atom is -0.481 e. The lowest BCUT2D eigenvalue weighted by molar-refractivity contribution is -0.138. The molecule has 1 atom stereocenters. The van der Waals surface area contributed by atoms with Crippen molar-refractivity contribution in [1.82, 2.24) is 0 Å². The first kappa shape index (κ1) is 13.9. The van der Waals surface area contributed by atoms with E-state index >= 15 is 0 Å². The zero-order chi connectivity index (χ0) is 14.2. The zero-order valence-electron chi connectivity index (χ0n) is 12.2. The van der Waals surface area contributed by atoms with Gasteiger partial charge >= 0.3 is 5.97 Å². The van der Waals surface area contributed by atoms with Crippen molar-refractivity contribution in [3.05, 3.63) is 29.3 Å². The molecule has 1 aromatic carbocycles. The molecule has 0 spiro atoms. The molecule has 1 N–H and O–H groups in total. The number of carboxylic acid groups (broad SMARTS) is 1. The summed E-state index contributed by atoms with van der Waals surface area (Å²) in [5, 5.41) is 9.04. The van der Waals surface area contributed by atoms with Crippen LogP contribution in [0.2, 0.25) is 0 Å². The molecular weight excluding hydrogens is 238 g/mol. The molecular formula is C16H23NO2. The second kappa shape index (κ2) is 4.87. The average Bonchev–Trinajstić information content (AvgIpc) is 2.55. The van der Waals surface area contributed by atoms with Gasteiger partial charge in [0.2, 0.25) is 0 Å². The highest BCUT2D eigenvalue weighted by Crippen LogP contribution is 2.41. The van der Waals surface area contributed by atoms with E-state index < -0.39 is 5.97 Å². The molecule has 0 aliphatic carbocycles. The number of carbonyl (C=O) groups is 1.